The van der Waals surface area contributed by atoms with Gasteiger partial charge in [-0.15, -0.1) is 0 Å². The van der Waals surface area contributed by atoms with E-state index in [1.165, 1.54) is 5.56 Å². The summed E-state index contributed by atoms with van der Waals surface area (Å²) in [6, 6.07) is 6.51. The van der Waals surface area contributed by atoms with Crippen molar-refractivity contribution in [2.75, 3.05) is 33.3 Å². The molecule has 130 valence electrons. The molecule has 1 saturated heterocycles. The molecule has 0 amide bonds. The average Bonchev–Trinajstić information content (AvgIpc) is 2.88. The molecular formula is C18H27N5O. The first-order valence-electron chi connectivity index (χ1n) is 8.54. The van der Waals surface area contributed by atoms with Gasteiger partial charge in [-0.25, -0.2) is 4.68 Å². The molecule has 1 unspecified atom stereocenters. The summed E-state index contributed by atoms with van der Waals surface area (Å²) in [5.41, 5.74) is 3.40. The second kappa shape index (κ2) is 7.32. The number of hydrogen-bond acceptors (Lipinski definition) is 5. The Morgan fingerprint density at radius 1 is 1.21 bits per heavy atom. The van der Waals surface area contributed by atoms with Gasteiger partial charge in [-0.2, -0.15) is 5.10 Å². The molecule has 0 saturated carbocycles. The first-order valence-corrected chi connectivity index (χ1v) is 8.54. The van der Waals surface area contributed by atoms with Gasteiger partial charge in [0.25, 0.3) is 0 Å². The van der Waals surface area contributed by atoms with Crippen LogP contribution in [0.3, 0.4) is 0 Å². The fourth-order valence-electron chi connectivity index (χ4n) is 3.46. The number of methoxy groups -OCH3 is 1. The van der Waals surface area contributed by atoms with Crippen LogP contribution in [0.15, 0.2) is 24.4 Å². The molecule has 0 radical (unpaired) electrons. The van der Waals surface area contributed by atoms with Crippen LogP contribution in [0.25, 0.3) is 0 Å². The Kier molecular flexibility index (Phi) is 5.16. The topological polar surface area (TPSA) is 46.4 Å². The SMILES string of the molecule is COc1c(CN2CCN(C(C)c3ccccn3)CC2)c(C)nn1C. The van der Waals surface area contributed by atoms with Crippen LogP contribution in [0.4, 0.5) is 0 Å². The van der Waals surface area contributed by atoms with Gasteiger partial charge in [0, 0.05) is 52.0 Å². The number of nitrogens with zero attached hydrogens (tertiary/aromatic N) is 5. The van der Waals surface area contributed by atoms with Gasteiger partial charge in [0.15, 0.2) is 0 Å². The molecular weight excluding hydrogens is 302 g/mol. The number of aromatic nitrogens is 3. The monoisotopic (exact) mass is 329 g/mol. The third kappa shape index (κ3) is 3.44. The summed E-state index contributed by atoms with van der Waals surface area (Å²) < 4.78 is 7.33. The minimum Gasteiger partial charge on any atom is -0.481 e. The maximum absolute atomic E-state index is 5.51. The zero-order valence-electron chi connectivity index (χ0n) is 15.1. The Balaban J connectivity index is 1.60. The number of pyridine rings is 1. The van der Waals surface area contributed by atoms with Crippen LogP contribution in [0.1, 0.15) is 29.9 Å². The van der Waals surface area contributed by atoms with E-state index >= 15 is 0 Å². The molecule has 1 fully saturated rings. The van der Waals surface area contributed by atoms with Gasteiger partial charge in [0.1, 0.15) is 0 Å². The Morgan fingerprint density at radius 2 is 1.96 bits per heavy atom. The first kappa shape index (κ1) is 16.9. The zero-order chi connectivity index (χ0) is 17.1. The minimum atomic E-state index is 0.364. The maximum Gasteiger partial charge on any atom is 0.216 e. The third-order valence-electron chi connectivity index (χ3n) is 4.93. The molecule has 0 aliphatic carbocycles. The molecule has 0 bridgehead atoms. The van der Waals surface area contributed by atoms with Crippen LogP contribution < -0.4 is 4.74 Å². The smallest absolute Gasteiger partial charge is 0.216 e. The normalized spacial score (nSPS) is 17.8. The van der Waals surface area contributed by atoms with Crippen molar-refractivity contribution in [3.63, 3.8) is 0 Å². The lowest BCUT2D eigenvalue weighted by atomic mass is 10.1. The van der Waals surface area contributed by atoms with Crippen molar-refractivity contribution in [3.8, 4) is 5.88 Å². The second-order valence-electron chi connectivity index (χ2n) is 6.44. The highest BCUT2D eigenvalue weighted by molar-refractivity contribution is 5.30. The van der Waals surface area contributed by atoms with Crippen molar-refractivity contribution in [1.29, 1.82) is 0 Å². The number of hydrogen-bond donors (Lipinski definition) is 0. The van der Waals surface area contributed by atoms with E-state index in [1.54, 1.807) is 7.11 Å². The Labute approximate surface area is 144 Å². The molecule has 0 aromatic carbocycles. The van der Waals surface area contributed by atoms with E-state index < -0.39 is 0 Å². The van der Waals surface area contributed by atoms with Gasteiger partial charge in [0.2, 0.25) is 5.88 Å². The number of rotatable bonds is 5. The van der Waals surface area contributed by atoms with Crippen LogP contribution in [-0.4, -0.2) is 57.9 Å². The van der Waals surface area contributed by atoms with Crippen LogP contribution in [0.5, 0.6) is 5.88 Å². The Morgan fingerprint density at radius 3 is 2.58 bits per heavy atom. The molecule has 3 rings (SSSR count). The summed E-state index contributed by atoms with van der Waals surface area (Å²) in [5.74, 6) is 0.872. The summed E-state index contributed by atoms with van der Waals surface area (Å²) in [7, 11) is 3.65. The molecule has 2 aromatic rings. The van der Waals surface area contributed by atoms with Gasteiger partial charge in [-0.05, 0) is 26.0 Å². The predicted octanol–water partition coefficient (Wildman–Crippen LogP) is 2.01. The number of ether oxygens (including phenoxy) is 1. The first-order chi connectivity index (χ1) is 11.6. The summed E-state index contributed by atoms with van der Waals surface area (Å²) >= 11 is 0. The molecule has 1 aliphatic rings. The lowest BCUT2D eigenvalue weighted by molar-refractivity contribution is 0.0957. The molecule has 2 aromatic heterocycles. The van der Waals surface area contributed by atoms with E-state index in [4.69, 9.17) is 4.74 Å². The summed E-state index contributed by atoms with van der Waals surface area (Å²) in [4.78, 5) is 9.48. The third-order valence-corrected chi connectivity index (χ3v) is 4.93. The van der Waals surface area contributed by atoms with Crippen molar-refractivity contribution in [2.24, 2.45) is 7.05 Å². The van der Waals surface area contributed by atoms with Crippen LogP contribution in [-0.2, 0) is 13.6 Å². The van der Waals surface area contributed by atoms with E-state index in [0.29, 0.717) is 6.04 Å². The van der Waals surface area contributed by atoms with Crippen molar-refractivity contribution in [3.05, 3.63) is 41.3 Å². The molecule has 1 atom stereocenters. The van der Waals surface area contributed by atoms with E-state index in [2.05, 4.69) is 45.9 Å². The second-order valence-corrected chi connectivity index (χ2v) is 6.44. The molecule has 1 aliphatic heterocycles. The standard InChI is InChI=1S/C18H27N5O/c1-14-16(18(24-4)21(3)20-14)13-22-9-11-23(12-10-22)15(2)17-7-5-6-8-19-17/h5-8,15H,9-13H2,1-4H3. The van der Waals surface area contributed by atoms with E-state index in [1.807, 2.05) is 24.0 Å². The Hall–Kier alpha value is -1.92. The van der Waals surface area contributed by atoms with Crippen molar-refractivity contribution < 1.29 is 4.74 Å². The highest BCUT2D eigenvalue weighted by Gasteiger charge is 2.24. The molecule has 0 N–H and O–H groups in total. The molecule has 6 heteroatoms. The van der Waals surface area contributed by atoms with E-state index in [-0.39, 0.29) is 0 Å². The molecule has 0 spiro atoms. The summed E-state index contributed by atoms with van der Waals surface area (Å²) in [5, 5.41) is 4.48. The van der Waals surface area contributed by atoms with Gasteiger partial charge in [-0.3, -0.25) is 14.8 Å². The largest absolute Gasteiger partial charge is 0.481 e. The minimum absolute atomic E-state index is 0.364. The quantitative estimate of drug-likeness (QED) is 0.840. The predicted molar refractivity (Wildman–Crippen MR) is 94.0 cm³/mol. The van der Waals surface area contributed by atoms with Crippen LogP contribution in [0, 0.1) is 6.92 Å². The van der Waals surface area contributed by atoms with Crippen LogP contribution >= 0.6 is 0 Å². The van der Waals surface area contributed by atoms with Crippen molar-refractivity contribution in [1.82, 2.24) is 24.6 Å². The van der Waals surface area contributed by atoms with Crippen molar-refractivity contribution >= 4 is 0 Å². The molecule has 3 heterocycles. The van der Waals surface area contributed by atoms with Gasteiger partial charge in [0.05, 0.1) is 24.1 Å². The number of piperazine rings is 1. The lowest BCUT2D eigenvalue weighted by Crippen LogP contribution is -2.46. The van der Waals surface area contributed by atoms with Gasteiger partial charge >= 0.3 is 0 Å². The number of aryl methyl sites for hydroxylation is 2. The highest BCUT2D eigenvalue weighted by Crippen LogP contribution is 2.25. The lowest BCUT2D eigenvalue weighted by Gasteiger charge is -2.37. The Bertz CT molecular complexity index is 662. The van der Waals surface area contributed by atoms with Crippen LogP contribution in [0.2, 0.25) is 0 Å². The molecule has 6 nitrogen and oxygen atoms in total. The fourth-order valence-corrected chi connectivity index (χ4v) is 3.46. The average molecular weight is 329 g/mol. The van der Waals surface area contributed by atoms with Gasteiger partial charge in [-0.1, -0.05) is 6.07 Å². The van der Waals surface area contributed by atoms with E-state index in [9.17, 15) is 0 Å². The summed E-state index contributed by atoms with van der Waals surface area (Å²) in [6.45, 7) is 9.40. The van der Waals surface area contributed by atoms with Gasteiger partial charge < -0.3 is 4.74 Å². The fraction of sp³-hybridized carbons (Fsp3) is 0.556. The maximum atomic E-state index is 5.51. The zero-order valence-corrected chi connectivity index (χ0v) is 15.1. The highest BCUT2D eigenvalue weighted by atomic mass is 16.5. The van der Waals surface area contributed by atoms with E-state index in [0.717, 1.165) is 50.0 Å². The van der Waals surface area contributed by atoms with Crippen molar-refractivity contribution in [2.45, 2.75) is 26.4 Å². The summed E-state index contributed by atoms with van der Waals surface area (Å²) in [6.07, 6.45) is 1.87. The molecule has 24 heavy (non-hydrogen) atoms.